The summed E-state index contributed by atoms with van der Waals surface area (Å²) in [6.45, 7) is 4.52. The van der Waals surface area contributed by atoms with Gasteiger partial charge >= 0.3 is 0 Å². The topological polar surface area (TPSA) is 75.4 Å². The van der Waals surface area contributed by atoms with Crippen LogP contribution in [0.25, 0.3) is 4.96 Å². The number of hydrogen-bond donors (Lipinski definition) is 1. The van der Waals surface area contributed by atoms with Crippen molar-refractivity contribution in [3.63, 3.8) is 0 Å². The molecule has 1 saturated heterocycles. The third-order valence-electron chi connectivity index (χ3n) is 5.43. The minimum Gasteiger partial charge on any atom is -0.372 e. The Balaban J connectivity index is 1.28. The van der Waals surface area contributed by atoms with Crippen molar-refractivity contribution in [1.29, 1.82) is 0 Å². The highest BCUT2D eigenvalue weighted by molar-refractivity contribution is 7.18. The van der Waals surface area contributed by atoms with Crippen molar-refractivity contribution in [2.45, 2.75) is 38.5 Å². The van der Waals surface area contributed by atoms with E-state index in [1.54, 1.807) is 4.52 Å². The number of benzene rings is 1. The van der Waals surface area contributed by atoms with E-state index < -0.39 is 0 Å². The lowest BCUT2D eigenvalue weighted by atomic mass is 9.99. The first-order valence-corrected chi connectivity index (χ1v) is 10.4. The third-order valence-corrected chi connectivity index (χ3v) is 6.32. The smallest absolute Gasteiger partial charge is 0.286 e. The number of nitrogens with zero attached hydrogens (tertiary/aromatic N) is 5. The lowest BCUT2D eigenvalue weighted by molar-refractivity contribution is 0.102. The van der Waals surface area contributed by atoms with Gasteiger partial charge in [0.05, 0.1) is 0 Å². The molecule has 5 rings (SSSR count). The summed E-state index contributed by atoms with van der Waals surface area (Å²) < 4.78 is 1.72. The molecule has 2 fully saturated rings. The Bertz CT molecular complexity index is 966. The van der Waals surface area contributed by atoms with Gasteiger partial charge in [0.2, 0.25) is 9.97 Å². The lowest BCUT2D eigenvalue weighted by Crippen LogP contribution is -2.32. The van der Waals surface area contributed by atoms with E-state index in [2.05, 4.69) is 44.6 Å². The Hall–Kier alpha value is -2.48. The molecule has 0 unspecified atom stereocenters. The molecule has 0 bridgehead atoms. The predicted octanol–water partition coefficient (Wildman–Crippen LogP) is 3.55. The number of hydrogen-bond acceptors (Lipinski definition) is 6. The van der Waals surface area contributed by atoms with Crippen LogP contribution in [0.15, 0.2) is 24.3 Å². The van der Waals surface area contributed by atoms with Gasteiger partial charge in [0.25, 0.3) is 5.91 Å². The summed E-state index contributed by atoms with van der Waals surface area (Å²) in [7, 11) is 0. The second-order valence-corrected chi connectivity index (χ2v) is 8.56. The molecule has 1 saturated carbocycles. The lowest BCUT2D eigenvalue weighted by Gasteiger charge is -2.32. The van der Waals surface area contributed by atoms with Crippen molar-refractivity contribution < 1.29 is 4.79 Å². The molecule has 3 heterocycles. The molecule has 2 aliphatic rings. The Morgan fingerprint density at radius 2 is 1.85 bits per heavy atom. The van der Waals surface area contributed by atoms with E-state index in [0.29, 0.717) is 15.9 Å². The van der Waals surface area contributed by atoms with Crippen molar-refractivity contribution in [3.8, 4) is 0 Å². The van der Waals surface area contributed by atoms with Crippen LogP contribution in [0.1, 0.15) is 54.2 Å². The van der Waals surface area contributed by atoms with Gasteiger partial charge in [0.1, 0.15) is 0 Å². The number of amides is 1. The van der Waals surface area contributed by atoms with Crippen LogP contribution in [-0.2, 0) is 0 Å². The van der Waals surface area contributed by atoms with Crippen molar-refractivity contribution >= 4 is 33.6 Å². The quantitative estimate of drug-likeness (QED) is 0.747. The molecule has 0 spiro atoms. The highest BCUT2D eigenvalue weighted by Crippen LogP contribution is 2.39. The summed E-state index contributed by atoms with van der Waals surface area (Å²) in [5.41, 5.74) is 2.00. The van der Waals surface area contributed by atoms with E-state index in [0.717, 1.165) is 43.4 Å². The number of fused-ring (bicyclic) bond motifs is 1. The fraction of sp³-hybridized carbons (Fsp3) is 0.474. The average Bonchev–Trinajstić information content (AvgIpc) is 3.30. The molecular formula is C19H22N6OS. The standard InChI is InChI=1S/C19H22N6OS/c1-12-8-10-24(11-9-12)15-6-4-14(5-7-15)20-17(26)18-23-25-16(13-2-3-13)21-22-19(25)27-18/h4-7,12-13H,2-3,8-11H2,1H3,(H,20,26). The molecule has 0 atom stereocenters. The number of nitrogens with one attached hydrogen (secondary N) is 1. The first kappa shape index (κ1) is 16.7. The minimum atomic E-state index is -0.202. The van der Waals surface area contributed by atoms with E-state index in [-0.39, 0.29) is 5.91 Å². The summed E-state index contributed by atoms with van der Waals surface area (Å²) >= 11 is 1.27. The van der Waals surface area contributed by atoms with Crippen LogP contribution in [0.4, 0.5) is 11.4 Å². The van der Waals surface area contributed by atoms with Crippen molar-refractivity contribution in [1.82, 2.24) is 19.8 Å². The van der Waals surface area contributed by atoms with Crippen molar-refractivity contribution in [2.24, 2.45) is 5.92 Å². The normalized spacial score (nSPS) is 18.2. The van der Waals surface area contributed by atoms with Crippen molar-refractivity contribution in [2.75, 3.05) is 23.3 Å². The average molecular weight is 382 g/mol. The van der Waals surface area contributed by atoms with Gasteiger partial charge in [-0.2, -0.15) is 4.52 Å². The molecule has 1 aromatic carbocycles. The highest BCUT2D eigenvalue weighted by atomic mass is 32.1. The van der Waals surface area contributed by atoms with Gasteiger partial charge in [-0.15, -0.1) is 15.3 Å². The first-order chi connectivity index (χ1) is 13.2. The van der Waals surface area contributed by atoms with Crippen LogP contribution in [0.3, 0.4) is 0 Å². The molecule has 140 valence electrons. The van der Waals surface area contributed by atoms with E-state index in [1.165, 1.54) is 29.9 Å². The molecule has 1 amide bonds. The first-order valence-electron chi connectivity index (χ1n) is 9.56. The van der Waals surface area contributed by atoms with Crippen LogP contribution < -0.4 is 10.2 Å². The predicted molar refractivity (Wildman–Crippen MR) is 106 cm³/mol. The molecular weight excluding hydrogens is 360 g/mol. The Morgan fingerprint density at radius 1 is 1.11 bits per heavy atom. The fourth-order valence-corrected chi connectivity index (χ4v) is 4.27. The van der Waals surface area contributed by atoms with Crippen LogP contribution in [0, 0.1) is 5.92 Å². The molecule has 3 aromatic rings. The van der Waals surface area contributed by atoms with Crippen LogP contribution in [0.5, 0.6) is 0 Å². The number of piperidine rings is 1. The molecule has 27 heavy (non-hydrogen) atoms. The Morgan fingerprint density at radius 3 is 2.56 bits per heavy atom. The third kappa shape index (κ3) is 3.29. The van der Waals surface area contributed by atoms with Gasteiger partial charge in [-0.05, 0) is 55.9 Å². The molecule has 1 aliphatic carbocycles. The van der Waals surface area contributed by atoms with E-state index in [4.69, 9.17) is 0 Å². The van der Waals surface area contributed by atoms with Gasteiger partial charge in [-0.1, -0.05) is 18.3 Å². The second-order valence-electron chi connectivity index (χ2n) is 7.60. The summed E-state index contributed by atoms with van der Waals surface area (Å²) in [6, 6.07) is 8.08. The number of aromatic nitrogens is 4. The van der Waals surface area contributed by atoms with Gasteiger partial charge in [0, 0.05) is 30.4 Å². The zero-order chi connectivity index (χ0) is 18.4. The maximum atomic E-state index is 12.6. The van der Waals surface area contributed by atoms with Crippen LogP contribution >= 0.6 is 11.3 Å². The molecule has 7 nitrogen and oxygen atoms in total. The van der Waals surface area contributed by atoms with Gasteiger partial charge < -0.3 is 10.2 Å². The molecule has 1 N–H and O–H groups in total. The maximum Gasteiger partial charge on any atom is 0.286 e. The molecule has 1 aliphatic heterocycles. The molecule has 0 radical (unpaired) electrons. The fourth-order valence-electron chi connectivity index (χ4n) is 3.53. The Labute approximate surface area is 161 Å². The van der Waals surface area contributed by atoms with Gasteiger partial charge in [0.15, 0.2) is 5.82 Å². The summed E-state index contributed by atoms with van der Waals surface area (Å²) in [5, 5.41) is 16.1. The van der Waals surface area contributed by atoms with Crippen molar-refractivity contribution in [3.05, 3.63) is 35.1 Å². The highest BCUT2D eigenvalue weighted by Gasteiger charge is 2.30. The van der Waals surface area contributed by atoms with E-state index >= 15 is 0 Å². The SMILES string of the molecule is CC1CCN(c2ccc(NC(=O)c3nn4c(C5CC5)nnc4s3)cc2)CC1. The largest absolute Gasteiger partial charge is 0.372 e. The monoisotopic (exact) mass is 382 g/mol. The number of rotatable bonds is 4. The maximum absolute atomic E-state index is 12.6. The van der Waals surface area contributed by atoms with Gasteiger partial charge in [-0.25, -0.2) is 0 Å². The Kier molecular flexibility index (Phi) is 4.07. The second kappa shape index (κ2) is 6.60. The van der Waals surface area contributed by atoms with Crippen LogP contribution in [0.2, 0.25) is 0 Å². The zero-order valence-corrected chi connectivity index (χ0v) is 16.1. The van der Waals surface area contributed by atoms with E-state index in [9.17, 15) is 4.79 Å². The van der Waals surface area contributed by atoms with Crippen LogP contribution in [-0.4, -0.2) is 38.8 Å². The summed E-state index contributed by atoms with van der Waals surface area (Å²) in [5.74, 6) is 1.94. The number of carbonyl (C=O) groups excluding carboxylic acids is 1. The molecule has 8 heteroatoms. The minimum absolute atomic E-state index is 0.202. The summed E-state index contributed by atoms with van der Waals surface area (Å²) in [4.78, 5) is 15.7. The number of anilines is 2. The zero-order valence-electron chi connectivity index (χ0n) is 15.3. The number of carbonyl (C=O) groups is 1. The van der Waals surface area contributed by atoms with E-state index in [1.807, 2.05) is 12.1 Å². The summed E-state index contributed by atoms with van der Waals surface area (Å²) in [6.07, 6.45) is 4.73. The molecule has 2 aromatic heterocycles. The van der Waals surface area contributed by atoms with Gasteiger partial charge in [-0.3, -0.25) is 4.79 Å².